The van der Waals surface area contributed by atoms with E-state index in [0.29, 0.717) is 17.9 Å². The highest BCUT2D eigenvalue weighted by molar-refractivity contribution is 5.73. The summed E-state index contributed by atoms with van der Waals surface area (Å²) in [5.41, 5.74) is 2.82. The van der Waals surface area contributed by atoms with Gasteiger partial charge in [-0.25, -0.2) is 13.8 Å². The Morgan fingerprint density at radius 1 is 0.880 bits per heavy atom. The molecular formula is C21H23F2NO. The van der Waals surface area contributed by atoms with Crippen LogP contribution >= 0.6 is 0 Å². The van der Waals surface area contributed by atoms with E-state index in [2.05, 4.69) is 31.8 Å². The lowest BCUT2D eigenvalue weighted by Crippen LogP contribution is -2.21. The van der Waals surface area contributed by atoms with E-state index in [1.54, 1.807) is 0 Å². The van der Waals surface area contributed by atoms with Crippen LogP contribution in [0.5, 0.6) is 0 Å². The third kappa shape index (κ3) is 3.73. The molecule has 2 aromatic carbocycles. The molecule has 0 unspecified atom stereocenters. The van der Waals surface area contributed by atoms with Crippen LogP contribution in [0.2, 0.25) is 0 Å². The van der Waals surface area contributed by atoms with Gasteiger partial charge in [0.25, 0.3) is 0 Å². The smallest absolute Gasteiger partial charge is 0.196 e. The van der Waals surface area contributed by atoms with E-state index in [-0.39, 0.29) is 5.41 Å². The van der Waals surface area contributed by atoms with E-state index < -0.39 is 17.0 Å². The number of hydrogen-bond acceptors (Lipinski definition) is 2. The lowest BCUT2D eigenvalue weighted by molar-refractivity contribution is 0.429. The molecule has 4 heteroatoms. The average Bonchev–Trinajstić information content (AvgIpc) is 2.85. The number of halogens is 2. The highest BCUT2D eigenvalue weighted by Gasteiger charge is 2.26. The van der Waals surface area contributed by atoms with Crippen molar-refractivity contribution < 1.29 is 13.2 Å². The highest BCUT2D eigenvalue weighted by Crippen LogP contribution is 2.31. The van der Waals surface area contributed by atoms with Crippen LogP contribution in [0.25, 0.3) is 11.1 Å². The van der Waals surface area contributed by atoms with Gasteiger partial charge in [0.1, 0.15) is 17.2 Å². The highest BCUT2D eigenvalue weighted by atomic mass is 19.1. The lowest BCUT2D eigenvalue weighted by atomic mass is 9.81. The Morgan fingerprint density at radius 3 is 2.12 bits per heavy atom. The molecule has 0 radical (unpaired) electrons. The second-order valence-electron chi connectivity index (χ2n) is 8.26. The lowest BCUT2D eigenvalue weighted by Gasteiger charge is -2.23. The minimum absolute atomic E-state index is 0.0273. The van der Waals surface area contributed by atoms with E-state index >= 15 is 0 Å². The van der Waals surface area contributed by atoms with Crippen molar-refractivity contribution in [3.05, 3.63) is 65.1 Å². The van der Waals surface area contributed by atoms with E-state index in [1.807, 2.05) is 26.0 Å². The fourth-order valence-corrected chi connectivity index (χ4v) is 2.94. The summed E-state index contributed by atoms with van der Waals surface area (Å²) in [6.07, 6.45) is 0.454. The van der Waals surface area contributed by atoms with Crippen LogP contribution in [0.15, 0.2) is 40.8 Å². The first-order valence-corrected chi connectivity index (χ1v) is 8.41. The van der Waals surface area contributed by atoms with Crippen LogP contribution in [0.3, 0.4) is 0 Å². The van der Waals surface area contributed by atoms with Crippen molar-refractivity contribution in [2.24, 2.45) is 0 Å². The fourth-order valence-electron chi connectivity index (χ4n) is 2.94. The largest absolute Gasteiger partial charge is 0.441 e. The Bertz CT molecular complexity index is 899. The zero-order chi connectivity index (χ0) is 18.4. The van der Waals surface area contributed by atoms with Crippen molar-refractivity contribution >= 4 is 11.1 Å². The van der Waals surface area contributed by atoms with Crippen molar-refractivity contribution in [1.82, 2.24) is 4.98 Å². The van der Waals surface area contributed by atoms with Crippen LogP contribution in [0, 0.1) is 11.6 Å². The van der Waals surface area contributed by atoms with E-state index in [1.165, 1.54) is 17.7 Å². The molecule has 0 aliphatic rings. The van der Waals surface area contributed by atoms with Crippen molar-refractivity contribution in [2.75, 3.05) is 0 Å². The van der Waals surface area contributed by atoms with E-state index in [9.17, 15) is 8.78 Å². The van der Waals surface area contributed by atoms with Gasteiger partial charge in [0.05, 0.1) is 0 Å². The molecule has 25 heavy (non-hydrogen) atoms. The number of rotatable bonds is 3. The van der Waals surface area contributed by atoms with Gasteiger partial charge in [-0.3, -0.25) is 0 Å². The molecule has 0 atom stereocenters. The summed E-state index contributed by atoms with van der Waals surface area (Å²) in [5.74, 6) is -0.582. The van der Waals surface area contributed by atoms with Gasteiger partial charge in [-0.05, 0) is 46.2 Å². The van der Waals surface area contributed by atoms with Gasteiger partial charge in [0.15, 0.2) is 11.5 Å². The zero-order valence-corrected chi connectivity index (χ0v) is 15.3. The molecule has 0 spiro atoms. The number of benzene rings is 2. The van der Waals surface area contributed by atoms with Crippen molar-refractivity contribution in [3.8, 4) is 0 Å². The van der Waals surface area contributed by atoms with Crippen LogP contribution < -0.4 is 0 Å². The summed E-state index contributed by atoms with van der Waals surface area (Å²) >= 11 is 0. The van der Waals surface area contributed by atoms with Crippen LogP contribution in [-0.4, -0.2) is 4.98 Å². The molecule has 0 aliphatic carbocycles. The van der Waals surface area contributed by atoms with Gasteiger partial charge >= 0.3 is 0 Å². The van der Waals surface area contributed by atoms with Crippen LogP contribution in [0.1, 0.15) is 51.6 Å². The normalized spacial score (nSPS) is 12.8. The summed E-state index contributed by atoms with van der Waals surface area (Å²) in [6.45, 7) is 10.3. The maximum absolute atomic E-state index is 13.5. The molecule has 2 nitrogen and oxygen atoms in total. The number of fused-ring (bicyclic) bond motifs is 1. The maximum atomic E-state index is 13.5. The fraction of sp³-hybridized carbons (Fsp3) is 0.381. The van der Waals surface area contributed by atoms with Gasteiger partial charge < -0.3 is 4.42 Å². The predicted molar refractivity (Wildman–Crippen MR) is 95.8 cm³/mol. The Labute approximate surface area is 146 Å². The average molecular weight is 343 g/mol. The van der Waals surface area contributed by atoms with Gasteiger partial charge in [0.2, 0.25) is 0 Å². The molecule has 0 saturated heterocycles. The zero-order valence-electron chi connectivity index (χ0n) is 15.3. The van der Waals surface area contributed by atoms with Gasteiger partial charge in [-0.2, -0.15) is 0 Å². The van der Waals surface area contributed by atoms with Gasteiger partial charge in [-0.15, -0.1) is 0 Å². The Kier molecular flexibility index (Phi) is 4.18. The molecular weight excluding hydrogens is 320 g/mol. The third-order valence-corrected chi connectivity index (χ3v) is 4.54. The Balaban J connectivity index is 1.94. The second-order valence-corrected chi connectivity index (χ2v) is 8.26. The van der Waals surface area contributed by atoms with Crippen molar-refractivity contribution in [3.63, 3.8) is 0 Å². The Hall–Kier alpha value is -2.23. The monoisotopic (exact) mass is 343 g/mol. The first-order chi connectivity index (χ1) is 11.5. The molecule has 3 aromatic rings. The maximum Gasteiger partial charge on any atom is 0.196 e. The number of aromatic nitrogens is 1. The van der Waals surface area contributed by atoms with Gasteiger partial charge in [-0.1, -0.05) is 40.7 Å². The van der Waals surface area contributed by atoms with E-state index in [0.717, 1.165) is 17.2 Å². The molecule has 0 fully saturated rings. The molecule has 132 valence electrons. The molecule has 0 N–H and O–H groups in total. The molecule has 0 aliphatic heterocycles. The molecule has 0 bridgehead atoms. The molecule has 1 aromatic heterocycles. The summed E-state index contributed by atoms with van der Waals surface area (Å²) in [4.78, 5) is 4.54. The summed E-state index contributed by atoms with van der Waals surface area (Å²) in [6, 6.07) is 9.64. The van der Waals surface area contributed by atoms with Crippen molar-refractivity contribution in [2.45, 2.75) is 51.9 Å². The number of hydrogen-bond donors (Lipinski definition) is 0. The van der Waals surface area contributed by atoms with Crippen molar-refractivity contribution in [1.29, 1.82) is 0 Å². The summed E-state index contributed by atoms with van der Waals surface area (Å²) < 4.78 is 33.0. The minimum atomic E-state index is -0.574. The summed E-state index contributed by atoms with van der Waals surface area (Å²) in [5, 5.41) is 0. The topological polar surface area (TPSA) is 26.0 Å². The number of nitrogens with zero attached hydrogens (tertiary/aromatic N) is 1. The standard InChI is InChI=1S/C21H23F2NO/c1-20(2,3)13-6-7-17-18(10-13)25-19(24-17)12-21(4,5)14-8-15(22)11-16(23)9-14/h6-11H,12H2,1-5H3. The molecule has 3 rings (SSSR count). The minimum Gasteiger partial charge on any atom is -0.441 e. The Morgan fingerprint density at radius 2 is 1.52 bits per heavy atom. The number of oxazole rings is 1. The molecule has 0 amide bonds. The molecule has 1 heterocycles. The van der Waals surface area contributed by atoms with Crippen LogP contribution in [-0.2, 0) is 17.3 Å². The first kappa shape index (κ1) is 17.6. The van der Waals surface area contributed by atoms with E-state index in [4.69, 9.17) is 4.42 Å². The molecule has 0 saturated carbocycles. The quantitative estimate of drug-likeness (QED) is 0.589. The van der Waals surface area contributed by atoms with Gasteiger partial charge in [0, 0.05) is 12.5 Å². The third-order valence-electron chi connectivity index (χ3n) is 4.54. The summed E-state index contributed by atoms with van der Waals surface area (Å²) in [7, 11) is 0. The predicted octanol–water partition coefficient (Wildman–Crippen LogP) is 5.92. The SMILES string of the molecule is CC(C)(C)c1ccc2nc(CC(C)(C)c3cc(F)cc(F)c3)oc2c1. The van der Waals surface area contributed by atoms with Crippen LogP contribution in [0.4, 0.5) is 8.78 Å². The second kappa shape index (κ2) is 5.94. The first-order valence-electron chi connectivity index (χ1n) is 8.41.